The molecule has 1 amide bonds. The lowest BCUT2D eigenvalue weighted by Gasteiger charge is -2.20. The van der Waals surface area contributed by atoms with Crippen LogP contribution in [0.4, 0.5) is 10.7 Å². The zero-order valence-electron chi connectivity index (χ0n) is 10.7. The molecule has 2 aromatic heterocycles. The molecule has 19 heavy (non-hydrogen) atoms. The summed E-state index contributed by atoms with van der Waals surface area (Å²) in [5, 5.41) is 0.930. The number of thiophene rings is 1. The number of nitrogens with two attached hydrogens (primary N) is 2. The average Bonchev–Trinajstić information content (AvgIpc) is 2.79. The van der Waals surface area contributed by atoms with Crippen LogP contribution in [0.25, 0.3) is 0 Å². The fourth-order valence-corrected chi connectivity index (χ4v) is 2.77. The van der Waals surface area contributed by atoms with Crippen LogP contribution in [-0.2, 0) is 6.54 Å². The summed E-state index contributed by atoms with van der Waals surface area (Å²) in [4.78, 5) is 18.0. The molecule has 0 aromatic carbocycles. The van der Waals surface area contributed by atoms with Crippen LogP contribution in [0.15, 0.2) is 30.5 Å². The lowest BCUT2D eigenvalue weighted by molar-refractivity contribution is 0.100. The number of hydrogen-bond donors (Lipinski definition) is 2. The molecule has 4 N–H and O–H groups in total. The molecule has 0 radical (unpaired) electrons. The molecule has 100 valence electrons. The number of carbonyl (C=O) groups is 1. The molecular weight excluding hydrogens is 260 g/mol. The molecule has 0 aliphatic carbocycles. The van der Waals surface area contributed by atoms with Crippen molar-refractivity contribution in [3.8, 4) is 0 Å². The molecule has 0 atom stereocenters. The molecule has 0 unspecified atom stereocenters. The molecule has 2 rings (SSSR count). The molecule has 6 heteroatoms. The third-order valence-electron chi connectivity index (χ3n) is 2.74. The predicted octanol–water partition coefficient (Wildman–Crippen LogP) is 1.85. The SMILES string of the molecule is CCN(Cc1ccccn1)c1cc(N)c(C(N)=O)s1. The number of anilines is 2. The lowest BCUT2D eigenvalue weighted by Crippen LogP contribution is -2.21. The maximum absolute atomic E-state index is 11.2. The Morgan fingerprint density at radius 1 is 1.47 bits per heavy atom. The number of rotatable bonds is 5. The van der Waals surface area contributed by atoms with Crippen LogP contribution < -0.4 is 16.4 Å². The van der Waals surface area contributed by atoms with Crippen molar-refractivity contribution >= 4 is 27.9 Å². The molecule has 0 saturated heterocycles. The van der Waals surface area contributed by atoms with Gasteiger partial charge in [0.05, 0.1) is 22.9 Å². The molecule has 0 spiro atoms. The van der Waals surface area contributed by atoms with Crippen molar-refractivity contribution < 1.29 is 4.79 Å². The Labute approximate surface area is 115 Å². The third-order valence-corrected chi connectivity index (χ3v) is 3.97. The monoisotopic (exact) mass is 276 g/mol. The summed E-state index contributed by atoms with van der Waals surface area (Å²) in [5.41, 5.74) is 12.5. The van der Waals surface area contributed by atoms with Gasteiger partial charge >= 0.3 is 0 Å². The number of carbonyl (C=O) groups excluding carboxylic acids is 1. The van der Waals surface area contributed by atoms with Gasteiger partial charge in [-0.3, -0.25) is 9.78 Å². The highest BCUT2D eigenvalue weighted by molar-refractivity contribution is 7.18. The van der Waals surface area contributed by atoms with Crippen molar-refractivity contribution in [2.75, 3.05) is 17.2 Å². The summed E-state index contributed by atoms with van der Waals surface area (Å²) in [6.45, 7) is 3.52. The summed E-state index contributed by atoms with van der Waals surface area (Å²) in [6, 6.07) is 7.59. The first-order valence-electron chi connectivity index (χ1n) is 5.95. The first kappa shape index (κ1) is 13.4. The normalized spacial score (nSPS) is 10.4. The van der Waals surface area contributed by atoms with E-state index in [0.29, 0.717) is 17.1 Å². The van der Waals surface area contributed by atoms with Gasteiger partial charge < -0.3 is 16.4 Å². The van der Waals surface area contributed by atoms with Crippen LogP contribution in [-0.4, -0.2) is 17.4 Å². The highest BCUT2D eigenvalue weighted by Crippen LogP contribution is 2.32. The van der Waals surface area contributed by atoms with E-state index < -0.39 is 5.91 Å². The molecular formula is C13H16N4OS. The average molecular weight is 276 g/mol. The second-order valence-electron chi connectivity index (χ2n) is 4.07. The van der Waals surface area contributed by atoms with E-state index in [2.05, 4.69) is 9.88 Å². The first-order chi connectivity index (χ1) is 9.11. The summed E-state index contributed by atoms with van der Waals surface area (Å²) in [7, 11) is 0. The minimum Gasteiger partial charge on any atom is -0.397 e. The number of hydrogen-bond acceptors (Lipinski definition) is 5. The Kier molecular flexibility index (Phi) is 4.01. The Balaban J connectivity index is 2.22. The van der Waals surface area contributed by atoms with Crippen LogP contribution in [0, 0.1) is 0 Å². The maximum atomic E-state index is 11.2. The summed E-state index contributed by atoms with van der Waals surface area (Å²) in [5.74, 6) is -0.484. The predicted molar refractivity (Wildman–Crippen MR) is 78.2 cm³/mol. The van der Waals surface area contributed by atoms with Crippen LogP contribution >= 0.6 is 11.3 Å². The highest BCUT2D eigenvalue weighted by Gasteiger charge is 2.15. The van der Waals surface area contributed by atoms with Crippen LogP contribution in [0.5, 0.6) is 0 Å². The van der Waals surface area contributed by atoms with Crippen LogP contribution in [0.2, 0.25) is 0 Å². The number of aromatic nitrogens is 1. The Hall–Kier alpha value is -2.08. The molecule has 5 nitrogen and oxygen atoms in total. The van der Waals surface area contributed by atoms with E-state index in [0.717, 1.165) is 17.2 Å². The smallest absolute Gasteiger partial charge is 0.260 e. The Bertz CT molecular complexity index is 567. The quantitative estimate of drug-likeness (QED) is 0.872. The van der Waals surface area contributed by atoms with Crippen molar-refractivity contribution in [1.82, 2.24) is 4.98 Å². The zero-order chi connectivity index (χ0) is 13.8. The maximum Gasteiger partial charge on any atom is 0.260 e. The molecule has 0 aliphatic heterocycles. The molecule has 0 bridgehead atoms. The molecule has 0 saturated carbocycles. The van der Waals surface area contributed by atoms with Crippen molar-refractivity contribution in [3.63, 3.8) is 0 Å². The van der Waals surface area contributed by atoms with Crippen LogP contribution in [0.1, 0.15) is 22.3 Å². The number of nitrogens with zero attached hydrogens (tertiary/aromatic N) is 2. The van der Waals surface area contributed by atoms with Gasteiger partial charge in [-0.25, -0.2) is 0 Å². The summed E-state index contributed by atoms with van der Waals surface area (Å²) >= 11 is 1.32. The molecule has 2 heterocycles. The van der Waals surface area contributed by atoms with E-state index in [9.17, 15) is 4.79 Å². The van der Waals surface area contributed by atoms with E-state index >= 15 is 0 Å². The lowest BCUT2D eigenvalue weighted by atomic mass is 10.3. The number of nitrogen functional groups attached to an aromatic ring is 1. The van der Waals surface area contributed by atoms with Gasteiger partial charge in [0.1, 0.15) is 4.88 Å². The first-order valence-corrected chi connectivity index (χ1v) is 6.77. The van der Waals surface area contributed by atoms with Gasteiger partial charge in [-0.2, -0.15) is 0 Å². The largest absolute Gasteiger partial charge is 0.397 e. The minimum absolute atomic E-state index is 0.412. The summed E-state index contributed by atoms with van der Waals surface area (Å²) in [6.07, 6.45) is 1.76. The number of pyridine rings is 1. The van der Waals surface area contributed by atoms with Gasteiger partial charge in [-0.05, 0) is 25.1 Å². The van der Waals surface area contributed by atoms with Crippen molar-refractivity contribution in [2.45, 2.75) is 13.5 Å². The van der Waals surface area contributed by atoms with E-state index in [1.807, 2.05) is 25.1 Å². The highest BCUT2D eigenvalue weighted by atomic mass is 32.1. The van der Waals surface area contributed by atoms with Crippen molar-refractivity contribution in [2.24, 2.45) is 5.73 Å². The van der Waals surface area contributed by atoms with Gasteiger partial charge in [0.25, 0.3) is 5.91 Å². The summed E-state index contributed by atoms with van der Waals surface area (Å²) < 4.78 is 0. The topological polar surface area (TPSA) is 85.2 Å². The fraction of sp³-hybridized carbons (Fsp3) is 0.231. The standard InChI is InChI=1S/C13H16N4OS/c1-2-17(8-9-5-3-4-6-16-9)11-7-10(14)12(19-11)13(15)18/h3-7H,2,8,14H2,1H3,(H2,15,18). The van der Waals surface area contributed by atoms with Crippen LogP contribution in [0.3, 0.4) is 0 Å². The number of amides is 1. The van der Waals surface area contributed by atoms with Gasteiger partial charge in [-0.15, -0.1) is 11.3 Å². The number of primary amides is 1. The minimum atomic E-state index is -0.484. The van der Waals surface area contributed by atoms with Crippen molar-refractivity contribution in [3.05, 3.63) is 41.0 Å². The van der Waals surface area contributed by atoms with E-state index in [1.165, 1.54) is 11.3 Å². The van der Waals surface area contributed by atoms with Crippen molar-refractivity contribution in [1.29, 1.82) is 0 Å². The van der Waals surface area contributed by atoms with Gasteiger partial charge in [-0.1, -0.05) is 6.07 Å². The van der Waals surface area contributed by atoms with Gasteiger partial charge in [0, 0.05) is 12.7 Å². The van der Waals surface area contributed by atoms with E-state index in [1.54, 1.807) is 12.3 Å². The Morgan fingerprint density at radius 3 is 2.79 bits per heavy atom. The Morgan fingerprint density at radius 2 is 2.26 bits per heavy atom. The van der Waals surface area contributed by atoms with E-state index in [4.69, 9.17) is 11.5 Å². The molecule has 2 aromatic rings. The third kappa shape index (κ3) is 3.03. The van der Waals surface area contributed by atoms with E-state index in [-0.39, 0.29) is 0 Å². The van der Waals surface area contributed by atoms with Gasteiger partial charge in [0.15, 0.2) is 0 Å². The molecule has 0 aliphatic rings. The second-order valence-corrected chi connectivity index (χ2v) is 5.10. The van der Waals surface area contributed by atoms with Gasteiger partial charge in [0.2, 0.25) is 0 Å². The fourth-order valence-electron chi connectivity index (χ4n) is 1.77. The second kappa shape index (κ2) is 5.71. The zero-order valence-corrected chi connectivity index (χ0v) is 11.5. The molecule has 0 fully saturated rings.